The van der Waals surface area contributed by atoms with Gasteiger partial charge in [0.2, 0.25) is 5.91 Å². The number of nitrogens with zero attached hydrogens (tertiary/aromatic N) is 1. The van der Waals surface area contributed by atoms with E-state index in [1.54, 1.807) is 6.21 Å². The molecule has 0 bridgehead atoms. The van der Waals surface area contributed by atoms with Gasteiger partial charge in [0.15, 0.2) is 0 Å². The van der Waals surface area contributed by atoms with Gasteiger partial charge >= 0.3 is 0 Å². The highest BCUT2D eigenvalue weighted by Gasteiger charge is 2.20. The Kier molecular flexibility index (Phi) is 5.13. The number of rotatable bonds is 4. The van der Waals surface area contributed by atoms with Gasteiger partial charge < -0.3 is 0 Å². The molecular weight excluding hydrogens is 236 g/mol. The molecule has 1 amide bonds. The molecule has 1 aromatic carbocycles. The van der Waals surface area contributed by atoms with Crippen LogP contribution < -0.4 is 5.43 Å². The van der Waals surface area contributed by atoms with Gasteiger partial charge in [-0.05, 0) is 18.4 Å². The van der Waals surface area contributed by atoms with Crippen molar-refractivity contribution < 1.29 is 4.79 Å². The predicted molar refractivity (Wildman–Crippen MR) is 78.1 cm³/mol. The molecule has 0 heterocycles. The zero-order valence-corrected chi connectivity index (χ0v) is 11.5. The highest BCUT2D eigenvalue weighted by Crippen LogP contribution is 2.23. The van der Waals surface area contributed by atoms with E-state index in [1.807, 2.05) is 18.2 Å². The standard InChI is InChI=1S/C16H22N2O/c1-13(14-8-4-2-5-9-14)12-17-18-16(19)15-10-6-3-7-11-15/h2,4-5,8-9,12-13,15H,3,6-7,10-11H2,1H3,(H,18,19). The first-order chi connectivity index (χ1) is 9.27. The molecule has 19 heavy (non-hydrogen) atoms. The zero-order chi connectivity index (χ0) is 13.5. The number of hydrogen-bond acceptors (Lipinski definition) is 2. The molecule has 0 aliphatic heterocycles. The average molecular weight is 258 g/mol. The van der Waals surface area contributed by atoms with Crippen LogP contribution >= 0.6 is 0 Å². The third-order valence-electron chi connectivity index (χ3n) is 3.77. The van der Waals surface area contributed by atoms with Gasteiger partial charge in [0.1, 0.15) is 0 Å². The Morgan fingerprint density at radius 1 is 1.26 bits per heavy atom. The molecule has 0 radical (unpaired) electrons. The maximum Gasteiger partial charge on any atom is 0.243 e. The summed E-state index contributed by atoms with van der Waals surface area (Å²) in [6.07, 6.45) is 7.42. The summed E-state index contributed by atoms with van der Waals surface area (Å²) >= 11 is 0. The van der Waals surface area contributed by atoms with Crippen molar-refractivity contribution in [3.8, 4) is 0 Å². The molecule has 0 spiro atoms. The van der Waals surface area contributed by atoms with Gasteiger partial charge in [-0.15, -0.1) is 0 Å². The molecule has 1 fully saturated rings. The summed E-state index contributed by atoms with van der Waals surface area (Å²) in [4.78, 5) is 11.9. The summed E-state index contributed by atoms with van der Waals surface area (Å²) in [7, 11) is 0. The number of carbonyl (C=O) groups excluding carboxylic acids is 1. The normalized spacial score (nSPS) is 18.4. The second kappa shape index (κ2) is 7.07. The minimum absolute atomic E-state index is 0.0798. The molecule has 1 unspecified atom stereocenters. The molecular formula is C16H22N2O. The van der Waals surface area contributed by atoms with Crippen molar-refractivity contribution in [2.75, 3.05) is 0 Å². The number of hydrogen-bond donors (Lipinski definition) is 1. The summed E-state index contributed by atoms with van der Waals surface area (Å²) in [5, 5.41) is 4.10. The van der Waals surface area contributed by atoms with E-state index in [2.05, 4.69) is 29.6 Å². The molecule has 2 rings (SSSR count). The summed E-state index contributed by atoms with van der Waals surface area (Å²) in [5.41, 5.74) is 3.89. The lowest BCUT2D eigenvalue weighted by molar-refractivity contribution is -0.125. The molecule has 0 aromatic heterocycles. The smallest absolute Gasteiger partial charge is 0.243 e. The first-order valence-corrected chi connectivity index (χ1v) is 7.15. The largest absolute Gasteiger partial charge is 0.273 e. The lowest BCUT2D eigenvalue weighted by Gasteiger charge is -2.19. The first kappa shape index (κ1) is 13.8. The number of nitrogens with one attached hydrogen (secondary N) is 1. The molecule has 3 nitrogen and oxygen atoms in total. The van der Waals surface area contributed by atoms with Crippen molar-refractivity contribution in [3.05, 3.63) is 35.9 Å². The van der Waals surface area contributed by atoms with Crippen LogP contribution in [0.5, 0.6) is 0 Å². The number of benzene rings is 1. The Balaban J connectivity index is 1.81. The lowest BCUT2D eigenvalue weighted by atomic mass is 9.89. The highest BCUT2D eigenvalue weighted by molar-refractivity contribution is 5.79. The average Bonchev–Trinajstić information content (AvgIpc) is 2.49. The SMILES string of the molecule is CC(C=NNC(=O)C1CCCCC1)c1ccccc1. The third kappa shape index (κ3) is 4.19. The minimum Gasteiger partial charge on any atom is -0.273 e. The maximum atomic E-state index is 11.9. The Labute approximate surface area is 115 Å². The van der Waals surface area contributed by atoms with Crippen molar-refractivity contribution in [3.63, 3.8) is 0 Å². The molecule has 1 aromatic rings. The summed E-state index contributed by atoms with van der Waals surface area (Å²) in [6, 6.07) is 10.2. The van der Waals surface area contributed by atoms with Crippen LogP contribution in [0.25, 0.3) is 0 Å². The Bertz CT molecular complexity index is 422. The van der Waals surface area contributed by atoms with Crippen molar-refractivity contribution in [2.24, 2.45) is 11.0 Å². The van der Waals surface area contributed by atoms with Gasteiger partial charge in [0, 0.05) is 18.1 Å². The van der Waals surface area contributed by atoms with Gasteiger partial charge in [0.25, 0.3) is 0 Å². The van der Waals surface area contributed by atoms with Gasteiger partial charge in [-0.1, -0.05) is 56.5 Å². The predicted octanol–water partition coefficient (Wildman–Crippen LogP) is 3.47. The van der Waals surface area contributed by atoms with Gasteiger partial charge in [-0.2, -0.15) is 5.10 Å². The maximum absolute atomic E-state index is 11.9. The van der Waals surface area contributed by atoms with E-state index in [0.717, 1.165) is 12.8 Å². The molecule has 1 aliphatic carbocycles. The van der Waals surface area contributed by atoms with Crippen LogP contribution in [0.4, 0.5) is 0 Å². The number of amides is 1. The van der Waals surface area contributed by atoms with Gasteiger partial charge in [0.05, 0.1) is 0 Å². The van der Waals surface area contributed by atoms with Crippen LogP contribution in [0.1, 0.15) is 50.5 Å². The Hall–Kier alpha value is -1.64. The Morgan fingerprint density at radius 3 is 2.63 bits per heavy atom. The monoisotopic (exact) mass is 258 g/mol. The molecule has 0 saturated heterocycles. The van der Waals surface area contributed by atoms with Crippen LogP contribution in [0.15, 0.2) is 35.4 Å². The van der Waals surface area contributed by atoms with Crippen molar-refractivity contribution in [1.29, 1.82) is 0 Å². The van der Waals surface area contributed by atoms with Gasteiger partial charge in [-0.25, -0.2) is 5.43 Å². The van der Waals surface area contributed by atoms with E-state index in [4.69, 9.17) is 0 Å². The van der Waals surface area contributed by atoms with Crippen LogP contribution in [-0.2, 0) is 4.79 Å². The lowest BCUT2D eigenvalue weighted by Crippen LogP contribution is -2.28. The third-order valence-corrected chi connectivity index (χ3v) is 3.77. The minimum atomic E-state index is 0.0798. The van der Waals surface area contributed by atoms with Crippen LogP contribution in [0.2, 0.25) is 0 Å². The zero-order valence-electron chi connectivity index (χ0n) is 11.5. The van der Waals surface area contributed by atoms with Crippen LogP contribution in [-0.4, -0.2) is 12.1 Å². The number of hydrazone groups is 1. The molecule has 102 valence electrons. The molecule has 3 heteroatoms. The van der Waals surface area contributed by atoms with E-state index in [9.17, 15) is 4.79 Å². The second-order valence-corrected chi connectivity index (χ2v) is 5.29. The molecule has 1 atom stereocenters. The van der Waals surface area contributed by atoms with E-state index in [1.165, 1.54) is 24.8 Å². The molecule has 1 aliphatic rings. The fraction of sp³-hybridized carbons (Fsp3) is 0.500. The fourth-order valence-corrected chi connectivity index (χ4v) is 2.51. The van der Waals surface area contributed by atoms with Crippen molar-refractivity contribution in [2.45, 2.75) is 44.9 Å². The second-order valence-electron chi connectivity index (χ2n) is 5.29. The summed E-state index contributed by atoms with van der Waals surface area (Å²) in [6.45, 7) is 2.07. The van der Waals surface area contributed by atoms with E-state index in [0.29, 0.717) is 0 Å². The molecule has 1 saturated carbocycles. The number of carbonyl (C=O) groups is 1. The molecule has 1 N–H and O–H groups in total. The van der Waals surface area contributed by atoms with Crippen LogP contribution in [0, 0.1) is 5.92 Å². The van der Waals surface area contributed by atoms with Gasteiger partial charge in [-0.3, -0.25) is 4.79 Å². The van der Waals surface area contributed by atoms with Crippen molar-refractivity contribution in [1.82, 2.24) is 5.43 Å². The topological polar surface area (TPSA) is 41.5 Å². The van der Waals surface area contributed by atoms with E-state index < -0.39 is 0 Å². The Morgan fingerprint density at radius 2 is 1.95 bits per heavy atom. The van der Waals surface area contributed by atoms with E-state index in [-0.39, 0.29) is 17.7 Å². The highest BCUT2D eigenvalue weighted by atomic mass is 16.2. The van der Waals surface area contributed by atoms with Crippen LogP contribution in [0.3, 0.4) is 0 Å². The van der Waals surface area contributed by atoms with E-state index >= 15 is 0 Å². The van der Waals surface area contributed by atoms with Crippen molar-refractivity contribution >= 4 is 12.1 Å². The quantitative estimate of drug-likeness (QED) is 0.652. The first-order valence-electron chi connectivity index (χ1n) is 7.15. The summed E-state index contributed by atoms with van der Waals surface area (Å²) < 4.78 is 0. The summed E-state index contributed by atoms with van der Waals surface area (Å²) in [5.74, 6) is 0.460. The fourth-order valence-electron chi connectivity index (χ4n) is 2.51.